The Kier molecular flexibility index (Phi) is 5.02. The van der Waals surface area contributed by atoms with Gasteiger partial charge in [0.25, 0.3) is 0 Å². The van der Waals surface area contributed by atoms with Gasteiger partial charge in [0.1, 0.15) is 11.5 Å². The van der Waals surface area contributed by atoms with Gasteiger partial charge in [-0.1, -0.05) is 39.0 Å². The van der Waals surface area contributed by atoms with E-state index in [9.17, 15) is 0 Å². The van der Waals surface area contributed by atoms with Gasteiger partial charge < -0.3 is 9.73 Å². The van der Waals surface area contributed by atoms with E-state index in [0.717, 1.165) is 30.9 Å². The molecule has 0 aliphatic carbocycles. The zero-order valence-corrected chi connectivity index (χ0v) is 13.0. The predicted molar refractivity (Wildman–Crippen MR) is 84.2 cm³/mol. The SMILES string of the molecule is CCNC(c1ccc(C)o1)c1cc(CC)ccc1CC. The molecule has 0 aliphatic heterocycles. The number of furan rings is 1. The van der Waals surface area contributed by atoms with Crippen molar-refractivity contribution >= 4 is 0 Å². The Morgan fingerprint density at radius 3 is 2.40 bits per heavy atom. The highest BCUT2D eigenvalue weighted by molar-refractivity contribution is 5.38. The van der Waals surface area contributed by atoms with E-state index >= 15 is 0 Å². The minimum Gasteiger partial charge on any atom is -0.464 e. The number of hydrogen-bond acceptors (Lipinski definition) is 2. The molecule has 2 aromatic rings. The monoisotopic (exact) mass is 271 g/mol. The van der Waals surface area contributed by atoms with Gasteiger partial charge in [0.15, 0.2) is 0 Å². The van der Waals surface area contributed by atoms with Crippen molar-refractivity contribution in [2.75, 3.05) is 6.54 Å². The van der Waals surface area contributed by atoms with E-state index in [2.05, 4.69) is 50.4 Å². The van der Waals surface area contributed by atoms with Crippen LogP contribution in [0.1, 0.15) is 55.0 Å². The molecule has 0 amide bonds. The topological polar surface area (TPSA) is 25.2 Å². The summed E-state index contributed by atoms with van der Waals surface area (Å²) in [6.45, 7) is 9.46. The molecule has 0 aliphatic rings. The lowest BCUT2D eigenvalue weighted by molar-refractivity contribution is 0.433. The third-order valence-corrected chi connectivity index (χ3v) is 3.76. The lowest BCUT2D eigenvalue weighted by atomic mass is 9.94. The first-order valence-electron chi connectivity index (χ1n) is 7.60. The van der Waals surface area contributed by atoms with Gasteiger partial charge in [-0.3, -0.25) is 0 Å². The van der Waals surface area contributed by atoms with Gasteiger partial charge in [0, 0.05) is 0 Å². The fraction of sp³-hybridized carbons (Fsp3) is 0.444. The number of benzene rings is 1. The van der Waals surface area contributed by atoms with Gasteiger partial charge in [-0.25, -0.2) is 0 Å². The van der Waals surface area contributed by atoms with E-state index in [1.165, 1.54) is 16.7 Å². The fourth-order valence-electron chi connectivity index (χ4n) is 2.63. The molecule has 1 aromatic carbocycles. The summed E-state index contributed by atoms with van der Waals surface area (Å²) in [7, 11) is 0. The zero-order chi connectivity index (χ0) is 14.5. The maximum atomic E-state index is 5.86. The van der Waals surface area contributed by atoms with Crippen LogP contribution in [0.2, 0.25) is 0 Å². The lowest BCUT2D eigenvalue weighted by Gasteiger charge is -2.20. The van der Waals surface area contributed by atoms with Gasteiger partial charge in [-0.15, -0.1) is 0 Å². The maximum Gasteiger partial charge on any atom is 0.125 e. The van der Waals surface area contributed by atoms with Crippen molar-refractivity contribution in [2.45, 2.75) is 46.6 Å². The zero-order valence-electron chi connectivity index (χ0n) is 13.0. The predicted octanol–water partition coefficient (Wildman–Crippen LogP) is 4.41. The van der Waals surface area contributed by atoms with E-state index < -0.39 is 0 Å². The fourth-order valence-corrected chi connectivity index (χ4v) is 2.63. The summed E-state index contributed by atoms with van der Waals surface area (Å²) < 4.78 is 5.86. The number of nitrogens with one attached hydrogen (secondary N) is 1. The normalized spacial score (nSPS) is 12.6. The Morgan fingerprint density at radius 2 is 1.85 bits per heavy atom. The molecule has 20 heavy (non-hydrogen) atoms. The first-order valence-corrected chi connectivity index (χ1v) is 7.60. The number of hydrogen-bond donors (Lipinski definition) is 1. The average Bonchev–Trinajstić information content (AvgIpc) is 2.90. The Balaban J connectivity index is 2.47. The molecule has 1 N–H and O–H groups in total. The van der Waals surface area contributed by atoms with E-state index in [-0.39, 0.29) is 6.04 Å². The molecule has 2 rings (SSSR count). The van der Waals surface area contributed by atoms with Crippen molar-refractivity contribution < 1.29 is 4.42 Å². The van der Waals surface area contributed by atoms with Crippen LogP contribution in [0, 0.1) is 6.92 Å². The summed E-state index contributed by atoms with van der Waals surface area (Å²) in [4.78, 5) is 0. The minimum absolute atomic E-state index is 0.148. The standard InChI is InChI=1S/C18H25NO/c1-5-14-9-10-15(6-2)16(12-14)18(19-7-3)17-11-8-13(4)20-17/h8-12,18-19H,5-7H2,1-4H3. The Labute approximate surface area is 122 Å². The van der Waals surface area contributed by atoms with Gasteiger partial charge in [-0.2, -0.15) is 0 Å². The number of aryl methyl sites for hydroxylation is 3. The van der Waals surface area contributed by atoms with Crippen molar-refractivity contribution in [1.82, 2.24) is 5.32 Å². The van der Waals surface area contributed by atoms with Crippen LogP contribution >= 0.6 is 0 Å². The summed E-state index contributed by atoms with van der Waals surface area (Å²) in [5, 5.41) is 3.56. The molecule has 2 heteroatoms. The average molecular weight is 271 g/mol. The molecule has 0 fully saturated rings. The van der Waals surface area contributed by atoms with Gasteiger partial charge in [-0.05, 0) is 55.1 Å². The third-order valence-electron chi connectivity index (χ3n) is 3.76. The maximum absolute atomic E-state index is 5.86. The highest BCUT2D eigenvalue weighted by atomic mass is 16.3. The second kappa shape index (κ2) is 6.76. The van der Waals surface area contributed by atoms with Crippen LogP contribution in [0.3, 0.4) is 0 Å². The quantitative estimate of drug-likeness (QED) is 0.841. The third kappa shape index (κ3) is 3.13. The van der Waals surface area contributed by atoms with Gasteiger partial charge >= 0.3 is 0 Å². The van der Waals surface area contributed by atoms with Crippen LogP contribution in [-0.2, 0) is 12.8 Å². The molecule has 0 radical (unpaired) electrons. The van der Waals surface area contributed by atoms with Crippen LogP contribution in [-0.4, -0.2) is 6.54 Å². The summed E-state index contributed by atoms with van der Waals surface area (Å²) in [6.07, 6.45) is 2.11. The van der Waals surface area contributed by atoms with Crippen LogP contribution < -0.4 is 5.32 Å². The lowest BCUT2D eigenvalue weighted by Crippen LogP contribution is -2.23. The molecule has 1 atom stereocenters. The summed E-state index contributed by atoms with van der Waals surface area (Å²) in [5.74, 6) is 1.97. The highest BCUT2D eigenvalue weighted by Crippen LogP contribution is 2.28. The van der Waals surface area contributed by atoms with Crippen LogP contribution in [0.5, 0.6) is 0 Å². The molecule has 1 heterocycles. The van der Waals surface area contributed by atoms with Crippen LogP contribution in [0.15, 0.2) is 34.7 Å². The number of rotatable bonds is 6. The molecular weight excluding hydrogens is 246 g/mol. The Morgan fingerprint density at radius 1 is 1.05 bits per heavy atom. The van der Waals surface area contributed by atoms with Crippen LogP contribution in [0.25, 0.3) is 0 Å². The summed E-state index contributed by atoms with van der Waals surface area (Å²) >= 11 is 0. The molecule has 0 spiro atoms. The molecule has 1 aromatic heterocycles. The van der Waals surface area contributed by atoms with Crippen molar-refractivity contribution in [2.24, 2.45) is 0 Å². The molecule has 0 bridgehead atoms. The van der Waals surface area contributed by atoms with Gasteiger partial charge in [0.05, 0.1) is 6.04 Å². The summed E-state index contributed by atoms with van der Waals surface area (Å²) in [6, 6.07) is 11.1. The largest absolute Gasteiger partial charge is 0.464 e. The first-order chi connectivity index (χ1) is 9.69. The van der Waals surface area contributed by atoms with E-state index in [0.29, 0.717) is 0 Å². The van der Waals surface area contributed by atoms with Crippen LogP contribution in [0.4, 0.5) is 0 Å². The van der Waals surface area contributed by atoms with E-state index in [4.69, 9.17) is 4.42 Å². The molecular formula is C18H25NO. The van der Waals surface area contributed by atoms with Crippen molar-refractivity contribution in [3.05, 3.63) is 58.5 Å². The molecule has 0 saturated carbocycles. The molecule has 2 nitrogen and oxygen atoms in total. The first kappa shape index (κ1) is 14.9. The molecule has 1 unspecified atom stereocenters. The second-order valence-electron chi connectivity index (χ2n) is 5.18. The van der Waals surface area contributed by atoms with Gasteiger partial charge in [0.2, 0.25) is 0 Å². The van der Waals surface area contributed by atoms with Crippen molar-refractivity contribution in [3.63, 3.8) is 0 Å². The molecule has 0 saturated heterocycles. The summed E-state index contributed by atoms with van der Waals surface area (Å²) in [5.41, 5.74) is 4.12. The second-order valence-corrected chi connectivity index (χ2v) is 5.18. The van der Waals surface area contributed by atoms with E-state index in [1.54, 1.807) is 0 Å². The minimum atomic E-state index is 0.148. The van der Waals surface area contributed by atoms with Crippen molar-refractivity contribution in [3.8, 4) is 0 Å². The molecule has 108 valence electrons. The smallest absolute Gasteiger partial charge is 0.125 e. The van der Waals surface area contributed by atoms with Crippen molar-refractivity contribution in [1.29, 1.82) is 0 Å². The Hall–Kier alpha value is -1.54. The Bertz CT molecular complexity index is 556. The van der Waals surface area contributed by atoms with E-state index in [1.807, 2.05) is 13.0 Å². The highest BCUT2D eigenvalue weighted by Gasteiger charge is 2.19.